The van der Waals surface area contributed by atoms with Gasteiger partial charge in [0.05, 0.1) is 24.1 Å². The number of thioether (sulfide) groups is 1. The summed E-state index contributed by atoms with van der Waals surface area (Å²) in [6.45, 7) is 6.38. The first-order chi connectivity index (χ1) is 22.0. The van der Waals surface area contributed by atoms with Crippen molar-refractivity contribution in [3.8, 4) is 33.8 Å². The topological polar surface area (TPSA) is 99.0 Å². The number of carbonyl (C=O) groups is 2. The van der Waals surface area contributed by atoms with Crippen LogP contribution in [0.15, 0.2) is 108 Å². The normalized spacial score (nSPS) is 11.0. The molecule has 0 aliphatic rings. The molecule has 0 spiro atoms. The van der Waals surface area contributed by atoms with Gasteiger partial charge in [-0.2, -0.15) is 0 Å². The molecule has 3 heterocycles. The predicted molar refractivity (Wildman–Crippen MR) is 182 cm³/mol. The SMILES string of the molecule is C=CCn1c(SCC(=O)Nc2scc(-c3ccc(C)cc3)c2C(=O)OC)nnc1-c1cc(-c2ccccc2)nc2ccccc12. The Morgan fingerprint density at radius 1 is 0.978 bits per heavy atom. The highest BCUT2D eigenvalue weighted by Gasteiger charge is 2.23. The zero-order chi connectivity index (χ0) is 31.3. The first kappa shape index (κ1) is 30.0. The van der Waals surface area contributed by atoms with Crippen LogP contribution in [0, 0.1) is 6.92 Å². The maximum Gasteiger partial charge on any atom is 0.341 e. The Hall–Kier alpha value is -5.06. The van der Waals surface area contributed by atoms with E-state index < -0.39 is 5.97 Å². The van der Waals surface area contributed by atoms with E-state index in [9.17, 15) is 9.59 Å². The number of benzene rings is 3. The van der Waals surface area contributed by atoms with Crippen molar-refractivity contribution < 1.29 is 14.3 Å². The quantitative estimate of drug-likeness (QED) is 0.0932. The summed E-state index contributed by atoms with van der Waals surface area (Å²) in [6, 6.07) is 27.8. The van der Waals surface area contributed by atoms with Crippen LogP contribution in [0.4, 0.5) is 5.00 Å². The summed E-state index contributed by atoms with van der Waals surface area (Å²) in [5.74, 6) is -0.0786. The molecule has 0 saturated heterocycles. The van der Waals surface area contributed by atoms with Crippen LogP contribution in [0.25, 0.3) is 44.7 Å². The Kier molecular flexibility index (Phi) is 8.86. The molecule has 3 aromatic carbocycles. The number of nitrogens with zero attached hydrogens (tertiary/aromatic N) is 4. The molecule has 0 atom stereocenters. The van der Waals surface area contributed by atoms with Crippen molar-refractivity contribution in [1.82, 2.24) is 19.7 Å². The first-order valence-electron chi connectivity index (χ1n) is 14.2. The molecule has 6 aromatic rings. The van der Waals surface area contributed by atoms with Gasteiger partial charge in [0.25, 0.3) is 0 Å². The molecule has 0 saturated carbocycles. The van der Waals surface area contributed by atoms with E-state index in [-0.39, 0.29) is 11.7 Å². The highest BCUT2D eigenvalue weighted by molar-refractivity contribution is 7.99. The predicted octanol–water partition coefficient (Wildman–Crippen LogP) is 7.90. The van der Waals surface area contributed by atoms with Gasteiger partial charge >= 0.3 is 5.97 Å². The van der Waals surface area contributed by atoms with Crippen LogP contribution in [0.2, 0.25) is 0 Å². The summed E-state index contributed by atoms with van der Waals surface area (Å²) in [5.41, 5.74) is 6.58. The van der Waals surface area contributed by atoms with Gasteiger partial charge in [-0.25, -0.2) is 9.78 Å². The zero-order valence-electron chi connectivity index (χ0n) is 24.7. The molecule has 45 heavy (non-hydrogen) atoms. The number of hydrogen-bond acceptors (Lipinski definition) is 8. The molecule has 0 aliphatic carbocycles. The number of para-hydroxylation sites is 1. The van der Waals surface area contributed by atoms with Crippen LogP contribution in [0.5, 0.6) is 0 Å². The molecule has 0 bridgehead atoms. The second-order valence-corrected chi connectivity index (χ2v) is 12.0. The number of rotatable bonds is 10. The largest absolute Gasteiger partial charge is 0.465 e. The molecule has 0 aliphatic heterocycles. The maximum absolute atomic E-state index is 13.2. The Morgan fingerprint density at radius 2 is 1.73 bits per heavy atom. The lowest BCUT2D eigenvalue weighted by Crippen LogP contribution is -2.16. The summed E-state index contributed by atoms with van der Waals surface area (Å²) in [7, 11) is 1.33. The van der Waals surface area contributed by atoms with E-state index >= 15 is 0 Å². The average Bonchev–Trinajstić information content (AvgIpc) is 3.67. The Morgan fingerprint density at radius 3 is 2.49 bits per heavy atom. The number of thiophene rings is 1. The number of ether oxygens (including phenoxy) is 1. The van der Waals surface area contributed by atoms with E-state index in [0.29, 0.717) is 33.7 Å². The van der Waals surface area contributed by atoms with Crippen molar-refractivity contribution in [2.24, 2.45) is 0 Å². The van der Waals surface area contributed by atoms with Crippen LogP contribution < -0.4 is 5.32 Å². The smallest absolute Gasteiger partial charge is 0.341 e. The number of amides is 1. The summed E-state index contributed by atoms with van der Waals surface area (Å²) in [5, 5.41) is 15.8. The molecule has 1 amide bonds. The molecule has 6 rings (SSSR count). The van der Waals surface area contributed by atoms with Gasteiger partial charge in [0, 0.05) is 34.0 Å². The van der Waals surface area contributed by atoms with Gasteiger partial charge < -0.3 is 10.1 Å². The summed E-state index contributed by atoms with van der Waals surface area (Å²) < 4.78 is 7.01. The Labute approximate surface area is 268 Å². The molecule has 224 valence electrons. The average molecular weight is 632 g/mol. The van der Waals surface area contributed by atoms with Gasteiger partial charge in [-0.15, -0.1) is 28.1 Å². The van der Waals surface area contributed by atoms with E-state index in [1.807, 2.05) is 102 Å². The minimum absolute atomic E-state index is 0.0556. The van der Waals surface area contributed by atoms with E-state index in [0.717, 1.165) is 38.9 Å². The van der Waals surface area contributed by atoms with Gasteiger partial charge in [0.2, 0.25) is 5.91 Å². The third kappa shape index (κ3) is 6.29. The minimum Gasteiger partial charge on any atom is -0.465 e. The third-order valence-electron chi connectivity index (χ3n) is 7.18. The summed E-state index contributed by atoms with van der Waals surface area (Å²) in [4.78, 5) is 30.9. The number of allylic oxidation sites excluding steroid dienone is 1. The number of aryl methyl sites for hydroxylation is 1. The number of fused-ring (bicyclic) bond motifs is 1. The minimum atomic E-state index is -0.510. The van der Waals surface area contributed by atoms with Crippen molar-refractivity contribution in [2.45, 2.75) is 18.6 Å². The monoisotopic (exact) mass is 631 g/mol. The third-order valence-corrected chi connectivity index (χ3v) is 9.05. The highest BCUT2D eigenvalue weighted by Crippen LogP contribution is 2.37. The second-order valence-electron chi connectivity index (χ2n) is 10.2. The number of pyridine rings is 1. The van der Waals surface area contributed by atoms with Crippen molar-refractivity contribution in [2.75, 3.05) is 18.2 Å². The van der Waals surface area contributed by atoms with Gasteiger partial charge in [-0.3, -0.25) is 9.36 Å². The van der Waals surface area contributed by atoms with E-state index in [1.54, 1.807) is 6.08 Å². The van der Waals surface area contributed by atoms with Gasteiger partial charge in [0.15, 0.2) is 11.0 Å². The number of esters is 1. The molecular formula is C35H29N5O3S2. The molecule has 3 aromatic heterocycles. The Balaban J connectivity index is 1.27. The fraction of sp³-hybridized carbons (Fsp3) is 0.114. The van der Waals surface area contributed by atoms with Gasteiger partial charge in [-0.05, 0) is 24.6 Å². The molecule has 0 fully saturated rings. The zero-order valence-corrected chi connectivity index (χ0v) is 26.3. The molecular weight excluding hydrogens is 603 g/mol. The van der Waals surface area contributed by atoms with E-state index in [4.69, 9.17) is 9.72 Å². The fourth-order valence-electron chi connectivity index (χ4n) is 5.00. The molecule has 0 radical (unpaired) electrons. The van der Waals surface area contributed by atoms with Crippen LogP contribution in [0.3, 0.4) is 0 Å². The van der Waals surface area contributed by atoms with Crippen molar-refractivity contribution in [3.63, 3.8) is 0 Å². The Bertz CT molecular complexity index is 2020. The van der Waals surface area contributed by atoms with Crippen molar-refractivity contribution >= 4 is 50.9 Å². The lowest BCUT2D eigenvalue weighted by molar-refractivity contribution is -0.113. The van der Waals surface area contributed by atoms with E-state index in [1.165, 1.54) is 30.2 Å². The lowest BCUT2D eigenvalue weighted by atomic mass is 10.0. The molecule has 1 N–H and O–H groups in total. The van der Waals surface area contributed by atoms with Crippen LogP contribution in [0.1, 0.15) is 15.9 Å². The first-order valence-corrected chi connectivity index (χ1v) is 16.0. The molecule has 10 heteroatoms. The molecule has 8 nitrogen and oxygen atoms in total. The van der Waals surface area contributed by atoms with E-state index in [2.05, 4.69) is 22.1 Å². The summed E-state index contributed by atoms with van der Waals surface area (Å²) in [6.07, 6.45) is 1.78. The van der Waals surface area contributed by atoms with Crippen LogP contribution >= 0.6 is 23.1 Å². The number of carbonyl (C=O) groups excluding carboxylic acids is 2. The summed E-state index contributed by atoms with van der Waals surface area (Å²) >= 11 is 2.55. The number of hydrogen-bond donors (Lipinski definition) is 1. The van der Waals surface area contributed by atoms with Crippen LogP contribution in [-0.2, 0) is 16.1 Å². The lowest BCUT2D eigenvalue weighted by Gasteiger charge is -2.12. The van der Waals surface area contributed by atoms with Gasteiger partial charge in [-0.1, -0.05) is 96.2 Å². The number of nitrogens with one attached hydrogen (secondary N) is 1. The second kappa shape index (κ2) is 13.3. The van der Waals surface area contributed by atoms with Crippen LogP contribution in [-0.4, -0.2) is 44.5 Å². The fourth-order valence-corrected chi connectivity index (χ4v) is 6.72. The van der Waals surface area contributed by atoms with Gasteiger partial charge in [0.1, 0.15) is 10.6 Å². The number of aromatic nitrogens is 4. The standard InChI is InChI=1S/C35H29N5O3S2/c1-4-18-40-32(26-19-29(24-10-6-5-7-11-24)36-28-13-9-8-12-25(26)28)38-39-35(40)45-21-30(41)37-33-31(34(42)43-3)27(20-44-33)23-16-14-22(2)15-17-23/h4-17,19-20H,1,18,21H2,2-3H3,(H,37,41). The maximum atomic E-state index is 13.2. The molecule has 0 unspecified atom stereocenters. The number of methoxy groups -OCH3 is 1. The highest BCUT2D eigenvalue weighted by atomic mass is 32.2. The van der Waals surface area contributed by atoms with Crippen molar-refractivity contribution in [1.29, 1.82) is 0 Å². The van der Waals surface area contributed by atoms with Crippen molar-refractivity contribution in [3.05, 3.63) is 114 Å². The number of anilines is 1.